The summed E-state index contributed by atoms with van der Waals surface area (Å²) >= 11 is 1.77. The summed E-state index contributed by atoms with van der Waals surface area (Å²) in [4.78, 5) is 16.3. The Labute approximate surface area is 126 Å². The monoisotopic (exact) mass is 294 g/mol. The first-order valence-corrected chi connectivity index (χ1v) is 8.35. The number of hydrogen-bond donors (Lipinski definition) is 1. The van der Waals surface area contributed by atoms with Crippen molar-refractivity contribution in [3.63, 3.8) is 0 Å². The van der Waals surface area contributed by atoms with Gasteiger partial charge in [0, 0.05) is 30.9 Å². The van der Waals surface area contributed by atoms with Crippen LogP contribution in [0.15, 0.2) is 17.5 Å². The van der Waals surface area contributed by atoms with Gasteiger partial charge in [0.15, 0.2) is 0 Å². The maximum atomic E-state index is 13.0. The van der Waals surface area contributed by atoms with Gasteiger partial charge in [-0.1, -0.05) is 19.9 Å². The Morgan fingerprint density at radius 3 is 2.75 bits per heavy atom. The third-order valence-electron chi connectivity index (χ3n) is 4.78. The van der Waals surface area contributed by atoms with Crippen molar-refractivity contribution in [2.24, 2.45) is 11.3 Å². The van der Waals surface area contributed by atoms with Gasteiger partial charge in [-0.15, -0.1) is 11.3 Å². The van der Waals surface area contributed by atoms with Crippen LogP contribution >= 0.6 is 11.3 Å². The Balaban J connectivity index is 2.07. The summed E-state index contributed by atoms with van der Waals surface area (Å²) < 4.78 is 0. The fourth-order valence-corrected chi connectivity index (χ4v) is 3.87. The van der Waals surface area contributed by atoms with Crippen molar-refractivity contribution in [2.75, 3.05) is 20.1 Å². The van der Waals surface area contributed by atoms with Crippen molar-refractivity contribution in [2.45, 2.75) is 39.7 Å². The summed E-state index contributed by atoms with van der Waals surface area (Å²) in [5, 5.41) is 5.47. The highest BCUT2D eigenvalue weighted by Gasteiger charge is 2.45. The Morgan fingerprint density at radius 1 is 1.50 bits per heavy atom. The summed E-state index contributed by atoms with van der Waals surface area (Å²) in [6.07, 6.45) is 1.90. The lowest BCUT2D eigenvalue weighted by Crippen LogP contribution is -2.50. The highest BCUT2D eigenvalue weighted by Crippen LogP contribution is 2.36. The van der Waals surface area contributed by atoms with Crippen LogP contribution in [0.1, 0.15) is 32.1 Å². The van der Waals surface area contributed by atoms with E-state index in [0.717, 1.165) is 25.9 Å². The van der Waals surface area contributed by atoms with E-state index < -0.39 is 0 Å². The molecule has 0 aliphatic carbocycles. The lowest BCUT2D eigenvalue weighted by Gasteiger charge is -2.37. The molecule has 1 saturated heterocycles. The van der Waals surface area contributed by atoms with E-state index in [1.165, 1.54) is 4.88 Å². The Morgan fingerprint density at radius 2 is 2.25 bits per heavy atom. The average Bonchev–Trinajstić information content (AvgIpc) is 3.08. The molecule has 1 aromatic rings. The number of likely N-dealkylation sites (N-methyl/N-ethyl adjacent to an activating group) is 1. The summed E-state index contributed by atoms with van der Waals surface area (Å²) in [6, 6.07) is 4.47. The molecule has 2 rings (SSSR count). The van der Waals surface area contributed by atoms with Crippen molar-refractivity contribution >= 4 is 17.2 Å². The molecule has 4 heteroatoms. The lowest BCUT2D eigenvalue weighted by atomic mass is 9.75. The number of rotatable bonds is 5. The second-order valence-corrected chi connectivity index (χ2v) is 7.32. The van der Waals surface area contributed by atoms with E-state index in [1.807, 2.05) is 11.9 Å². The van der Waals surface area contributed by atoms with E-state index in [1.54, 1.807) is 11.3 Å². The number of thiophene rings is 1. The second kappa shape index (κ2) is 6.27. The van der Waals surface area contributed by atoms with Crippen LogP contribution in [-0.2, 0) is 11.2 Å². The molecule has 0 aromatic carbocycles. The van der Waals surface area contributed by atoms with E-state index in [0.29, 0.717) is 11.8 Å². The summed E-state index contributed by atoms with van der Waals surface area (Å²) in [5.41, 5.74) is -0.210. The molecule has 1 amide bonds. The standard InChI is InChI=1S/C16H26N2OS/c1-12(2)16(7-8-17-11-16)15(19)18(4)13(3)10-14-6-5-9-20-14/h5-6,9,12-13,17H,7-8,10-11H2,1-4H3. The smallest absolute Gasteiger partial charge is 0.230 e. The highest BCUT2D eigenvalue weighted by atomic mass is 32.1. The third kappa shape index (κ3) is 2.91. The molecule has 3 nitrogen and oxygen atoms in total. The van der Waals surface area contributed by atoms with Gasteiger partial charge < -0.3 is 10.2 Å². The van der Waals surface area contributed by atoms with E-state index in [9.17, 15) is 4.79 Å². The van der Waals surface area contributed by atoms with Crippen molar-refractivity contribution in [3.8, 4) is 0 Å². The number of carbonyl (C=O) groups is 1. The topological polar surface area (TPSA) is 32.3 Å². The minimum Gasteiger partial charge on any atom is -0.342 e. The van der Waals surface area contributed by atoms with Crippen LogP contribution in [0.5, 0.6) is 0 Å². The summed E-state index contributed by atoms with van der Waals surface area (Å²) in [5.74, 6) is 0.683. The second-order valence-electron chi connectivity index (χ2n) is 6.29. The molecule has 20 heavy (non-hydrogen) atoms. The fraction of sp³-hybridized carbons (Fsp3) is 0.688. The predicted octanol–water partition coefficient (Wildman–Crippen LogP) is 2.77. The van der Waals surface area contributed by atoms with Gasteiger partial charge >= 0.3 is 0 Å². The summed E-state index contributed by atoms with van der Waals surface area (Å²) in [7, 11) is 1.96. The van der Waals surface area contributed by atoms with Crippen LogP contribution in [0.4, 0.5) is 0 Å². The molecular formula is C16H26N2OS. The van der Waals surface area contributed by atoms with Crippen molar-refractivity contribution < 1.29 is 4.79 Å². The Bertz CT molecular complexity index is 435. The normalized spacial score (nSPS) is 24.1. The van der Waals surface area contributed by atoms with Gasteiger partial charge in [-0.3, -0.25) is 4.79 Å². The molecule has 2 unspecified atom stereocenters. The zero-order valence-electron chi connectivity index (χ0n) is 13.0. The number of nitrogens with one attached hydrogen (secondary N) is 1. The number of hydrogen-bond acceptors (Lipinski definition) is 3. The maximum absolute atomic E-state index is 13.0. The molecule has 1 aromatic heterocycles. The zero-order chi connectivity index (χ0) is 14.8. The molecular weight excluding hydrogens is 268 g/mol. The Kier molecular flexibility index (Phi) is 4.86. The molecule has 2 atom stereocenters. The van der Waals surface area contributed by atoms with E-state index in [4.69, 9.17) is 0 Å². The molecule has 1 aliphatic heterocycles. The van der Waals surface area contributed by atoms with Gasteiger partial charge in [-0.05, 0) is 37.3 Å². The molecule has 0 radical (unpaired) electrons. The molecule has 2 heterocycles. The molecule has 1 aliphatic rings. The minimum absolute atomic E-state index is 0.210. The molecule has 0 saturated carbocycles. The number of carbonyl (C=O) groups excluding carboxylic acids is 1. The maximum Gasteiger partial charge on any atom is 0.230 e. The van der Waals surface area contributed by atoms with Crippen LogP contribution in [-0.4, -0.2) is 37.0 Å². The lowest BCUT2D eigenvalue weighted by molar-refractivity contribution is -0.144. The van der Waals surface area contributed by atoms with Crippen molar-refractivity contribution in [3.05, 3.63) is 22.4 Å². The van der Waals surface area contributed by atoms with Crippen LogP contribution < -0.4 is 5.32 Å². The van der Waals surface area contributed by atoms with Crippen LogP contribution in [0.2, 0.25) is 0 Å². The van der Waals surface area contributed by atoms with Crippen LogP contribution in [0.3, 0.4) is 0 Å². The van der Waals surface area contributed by atoms with Gasteiger partial charge in [0.1, 0.15) is 0 Å². The third-order valence-corrected chi connectivity index (χ3v) is 5.68. The van der Waals surface area contributed by atoms with Gasteiger partial charge in [0.2, 0.25) is 5.91 Å². The first-order chi connectivity index (χ1) is 9.47. The fourth-order valence-electron chi connectivity index (χ4n) is 3.04. The van der Waals surface area contributed by atoms with Gasteiger partial charge in [-0.2, -0.15) is 0 Å². The molecule has 1 N–H and O–H groups in total. The van der Waals surface area contributed by atoms with Crippen molar-refractivity contribution in [1.82, 2.24) is 10.2 Å². The molecule has 0 spiro atoms. The Hall–Kier alpha value is -0.870. The van der Waals surface area contributed by atoms with Crippen LogP contribution in [0, 0.1) is 11.3 Å². The SMILES string of the molecule is CC(Cc1cccs1)N(C)C(=O)C1(C(C)C)CCNC1. The average molecular weight is 294 g/mol. The first kappa shape index (κ1) is 15.5. The van der Waals surface area contributed by atoms with Crippen molar-refractivity contribution in [1.29, 1.82) is 0 Å². The number of nitrogens with zero attached hydrogens (tertiary/aromatic N) is 1. The first-order valence-electron chi connectivity index (χ1n) is 7.48. The highest BCUT2D eigenvalue weighted by molar-refractivity contribution is 7.09. The minimum atomic E-state index is -0.210. The molecule has 0 bridgehead atoms. The van der Waals surface area contributed by atoms with E-state index in [-0.39, 0.29) is 11.5 Å². The predicted molar refractivity (Wildman–Crippen MR) is 85.0 cm³/mol. The van der Waals surface area contributed by atoms with Gasteiger partial charge in [0.05, 0.1) is 5.41 Å². The van der Waals surface area contributed by atoms with Crippen LogP contribution in [0.25, 0.3) is 0 Å². The molecule has 1 fully saturated rings. The number of amides is 1. The zero-order valence-corrected chi connectivity index (χ0v) is 13.8. The quantitative estimate of drug-likeness (QED) is 0.905. The summed E-state index contributed by atoms with van der Waals surface area (Å²) in [6.45, 7) is 8.26. The van der Waals surface area contributed by atoms with E-state index >= 15 is 0 Å². The largest absolute Gasteiger partial charge is 0.342 e. The molecule has 112 valence electrons. The van der Waals surface area contributed by atoms with E-state index in [2.05, 4.69) is 43.6 Å². The van der Waals surface area contributed by atoms with Gasteiger partial charge in [-0.25, -0.2) is 0 Å². The van der Waals surface area contributed by atoms with Gasteiger partial charge in [0.25, 0.3) is 0 Å².